The van der Waals surface area contributed by atoms with Crippen molar-refractivity contribution >= 4 is 0 Å². The predicted molar refractivity (Wildman–Crippen MR) is 75.4 cm³/mol. The Morgan fingerprint density at radius 2 is 1.65 bits per heavy atom. The van der Waals surface area contributed by atoms with Crippen LogP contribution in [0.1, 0.15) is 18.4 Å². The second-order valence-electron chi connectivity index (χ2n) is 7.77. The largest absolute Gasteiger partial charge is 0.377 e. The molecule has 9 atom stereocenters. The summed E-state index contributed by atoms with van der Waals surface area (Å²) in [6.45, 7) is 0. The Bertz CT molecular complexity index is 662. The van der Waals surface area contributed by atoms with Crippen LogP contribution in [0.25, 0.3) is 0 Å². The molecule has 0 amide bonds. The van der Waals surface area contributed by atoms with E-state index in [-0.39, 0.29) is 0 Å². The summed E-state index contributed by atoms with van der Waals surface area (Å²) in [5, 5.41) is 11.4. The molecule has 0 saturated heterocycles. The van der Waals surface area contributed by atoms with E-state index >= 15 is 0 Å². The van der Waals surface area contributed by atoms with Gasteiger partial charge in [-0.1, -0.05) is 30.0 Å². The SMILES string of the molecule is OC1(C#Cc2ccccc2)C2C3CC4C5C3CC2C5C41. The molecule has 5 saturated carbocycles. The van der Waals surface area contributed by atoms with E-state index in [0.29, 0.717) is 11.8 Å². The van der Waals surface area contributed by atoms with E-state index in [0.717, 1.165) is 41.1 Å². The van der Waals surface area contributed by atoms with Crippen LogP contribution in [0.4, 0.5) is 0 Å². The first kappa shape index (κ1) is 10.5. The smallest absolute Gasteiger partial charge is 0.132 e. The van der Waals surface area contributed by atoms with E-state index in [1.807, 2.05) is 30.3 Å². The number of fused-ring (bicyclic) bond motifs is 2. The lowest BCUT2D eigenvalue weighted by atomic mass is 9.56. The van der Waals surface area contributed by atoms with Crippen LogP contribution in [0, 0.1) is 59.2 Å². The fraction of sp³-hybridized carbons (Fsp3) is 0.579. The van der Waals surface area contributed by atoms with Gasteiger partial charge in [-0.15, -0.1) is 0 Å². The van der Waals surface area contributed by atoms with Crippen molar-refractivity contribution in [2.75, 3.05) is 0 Å². The summed E-state index contributed by atoms with van der Waals surface area (Å²) in [5.41, 5.74) is 0.389. The van der Waals surface area contributed by atoms with Crippen molar-refractivity contribution in [3.8, 4) is 11.8 Å². The van der Waals surface area contributed by atoms with Crippen LogP contribution in [-0.2, 0) is 0 Å². The van der Waals surface area contributed by atoms with E-state index in [2.05, 4.69) is 11.8 Å². The maximum atomic E-state index is 11.4. The molecule has 5 fully saturated rings. The summed E-state index contributed by atoms with van der Waals surface area (Å²) >= 11 is 0. The van der Waals surface area contributed by atoms with Crippen LogP contribution in [0.15, 0.2) is 30.3 Å². The highest BCUT2D eigenvalue weighted by Gasteiger charge is 2.84. The standard InChI is InChI=1S/C19H18O/c20-19(7-6-10-4-2-1-3-5-10)17-12-9-13-15-11(12)8-14(17)16(15)18(13)19/h1-5,11-18,20H,8-9H2. The second-order valence-corrected chi connectivity index (χ2v) is 7.77. The fourth-order valence-corrected chi connectivity index (χ4v) is 7.41. The zero-order valence-electron chi connectivity index (χ0n) is 11.4. The minimum atomic E-state index is -0.652. The van der Waals surface area contributed by atoms with Crippen molar-refractivity contribution in [1.29, 1.82) is 0 Å². The topological polar surface area (TPSA) is 20.2 Å². The van der Waals surface area contributed by atoms with Gasteiger partial charge in [0.2, 0.25) is 0 Å². The molecule has 1 N–H and O–H groups in total. The minimum Gasteiger partial charge on any atom is -0.377 e. The molecule has 6 rings (SSSR count). The molecule has 0 heterocycles. The second kappa shape index (κ2) is 3.00. The molecule has 5 aliphatic carbocycles. The van der Waals surface area contributed by atoms with Gasteiger partial charge >= 0.3 is 0 Å². The Balaban J connectivity index is 1.46. The first-order valence-electron chi connectivity index (χ1n) is 8.09. The first-order valence-corrected chi connectivity index (χ1v) is 8.09. The summed E-state index contributed by atoms with van der Waals surface area (Å²) < 4.78 is 0. The monoisotopic (exact) mass is 262 g/mol. The van der Waals surface area contributed by atoms with E-state index < -0.39 is 5.60 Å². The lowest BCUT2D eigenvalue weighted by Gasteiger charge is -2.49. The average Bonchev–Trinajstić information content (AvgIpc) is 2.97. The molecular weight excluding hydrogens is 244 g/mol. The Morgan fingerprint density at radius 3 is 2.50 bits per heavy atom. The van der Waals surface area contributed by atoms with Crippen LogP contribution < -0.4 is 0 Å². The van der Waals surface area contributed by atoms with Gasteiger partial charge in [0.15, 0.2) is 0 Å². The van der Waals surface area contributed by atoms with Crippen LogP contribution in [0.5, 0.6) is 0 Å². The van der Waals surface area contributed by atoms with Crippen molar-refractivity contribution in [3.05, 3.63) is 35.9 Å². The molecule has 1 aromatic rings. The Kier molecular flexibility index (Phi) is 1.57. The van der Waals surface area contributed by atoms with Gasteiger partial charge in [0.05, 0.1) is 0 Å². The molecule has 0 aliphatic heterocycles. The predicted octanol–water partition coefficient (Wildman–Crippen LogP) is 2.55. The zero-order valence-corrected chi connectivity index (χ0v) is 11.4. The van der Waals surface area contributed by atoms with Gasteiger partial charge < -0.3 is 5.11 Å². The van der Waals surface area contributed by atoms with Gasteiger partial charge in [-0.3, -0.25) is 0 Å². The number of hydrogen-bond donors (Lipinski definition) is 1. The minimum absolute atomic E-state index is 0.508. The van der Waals surface area contributed by atoms with E-state index in [4.69, 9.17) is 0 Å². The van der Waals surface area contributed by atoms with Crippen molar-refractivity contribution in [1.82, 2.24) is 0 Å². The third-order valence-electron chi connectivity index (χ3n) is 7.56. The molecule has 100 valence electrons. The van der Waals surface area contributed by atoms with Crippen LogP contribution in [0.3, 0.4) is 0 Å². The lowest BCUT2D eigenvalue weighted by Crippen LogP contribution is -2.53. The molecule has 20 heavy (non-hydrogen) atoms. The van der Waals surface area contributed by atoms with Crippen molar-refractivity contribution < 1.29 is 5.11 Å². The summed E-state index contributed by atoms with van der Waals surface area (Å²) in [4.78, 5) is 0. The van der Waals surface area contributed by atoms with Gasteiger partial charge in [-0.05, 0) is 60.5 Å². The molecular formula is C19H18O. The molecule has 0 spiro atoms. The van der Waals surface area contributed by atoms with Crippen molar-refractivity contribution in [3.63, 3.8) is 0 Å². The third kappa shape index (κ3) is 0.878. The molecule has 9 unspecified atom stereocenters. The normalized spacial score (nSPS) is 58.6. The van der Waals surface area contributed by atoms with Gasteiger partial charge in [0, 0.05) is 17.4 Å². The summed E-state index contributed by atoms with van der Waals surface area (Å²) in [6, 6.07) is 10.1. The van der Waals surface area contributed by atoms with Gasteiger partial charge in [0.25, 0.3) is 0 Å². The average molecular weight is 262 g/mol. The first-order chi connectivity index (χ1) is 9.79. The van der Waals surface area contributed by atoms with Gasteiger partial charge in [0.1, 0.15) is 5.60 Å². The van der Waals surface area contributed by atoms with Crippen molar-refractivity contribution in [2.45, 2.75) is 18.4 Å². The molecule has 5 aliphatic rings. The highest BCUT2D eigenvalue weighted by atomic mass is 16.3. The summed E-state index contributed by atoms with van der Waals surface area (Å²) in [7, 11) is 0. The molecule has 1 heteroatoms. The molecule has 0 aromatic heterocycles. The number of benzene rings is 1. The van der Waals surface area contributed by atoms with Gasteiger partial charge in [-0.25, -0.2) is 0 Å². The Morgan fingerprint density at radius 1 is 0.900 bits per heavy atom. The highest BCUT2D eigenvalue weighted by molar-refractivity contribution is 5.43. The highest BCUT2D eigenvalue weighted by Crippen LogP contribution is 2.85. The number of rotatable bonds is 0. The fourth-order valence-electron chi connectivity index (χ4n) is 7.41. The molecule has 1 aromatic carbocycles. The van der Waals surface area contributed by atoms with Crippen LogP contribution in [0.2, 0.25) is 0 Å². The molecule has 1 nitrogen and oxygen atoms in total. The van der Waals surface area contributed by atoms with E-state index in [1.165, 1.54) is 12.8 Å². The maximum Gasteiger partial charge on any atom is 0.132 e. The van der Waals surface area contributed by atoms with E-state index in [9.17, 15) is 5.11 Å². The quantitative estimate of drug-likeness (QED) is 0.712. The maximum absolute atomic E-state index is 11.4. The van der Waals surface area contributed by atoms with E-state index in [1.54, 1.807) is 0 Å². The van der Waals surface area contributed by atoms with Crippen LogP contribution >= 0.6 is 0 Å². The van der Waals surface area contributed by atoms with Crippen molar-refractivity contribution in [2.24, 2.45) is 47.3 Å². The zero-order chi connectivity index (χ0) is 13.1. The summed E-state index contributed by atoms with van der Waals surface area (Å²) in [6.07, 6.45) is 2.82. The number of aliphatic hydroxyl groups is 1. The van der Waals surface area contributed by atoms with Gasteiger partial charge in [-0.2, -0.15) is 0 Å². The third-order valence-corrected chi connectivity index (χ3v) is 7.56. The lowest BCUT2D eigenvalue weighted by molar-refractivity contribution is -0.0921. The molecule has 0 radical (unpaired) electrons. The summed E-state index contributed by atoms with van der Waals surface area (Å²) in [5.74, 6) is 12.9. The number of hydrogen-bond acceptors (Lipinski definition) is 1. The molecule has 2 bridgehead atoms. The Labute approximate surface area is 119 Å². The van der Waals surface area contributed by atoms with Crippen LogP contribution in [-0.4, -0.2) is 10.7 Å². The Hall–Kier alpha value is -1.26.